The van der Waals surface area contributed by atoms with Crippen LogP contribution in [0.4, 0.5) is 0 Å². The number of carbonyl (C=O) groups excluding carboxylic acids is 1. The molecule has 5 nitrogen and oxygen atoms in total. The van der Waals surface area contributed by atoms with Gasteiger partial charge in [0.15, 0.2) is 0 Å². The molecule has 2 aromatic rings. The standard InChI is InChI=1S/C21H23BrN2O3S/c1-14-10-17(12-15-11-16(22)13-23-18(14)15)27-20(28-4)19(26)24-21(2,3)8-6-5-7-9-25/h5,7,10-13,20,25H,9H2,1-4H3,(H,24,26). The number of pyridine rings is 1. The van der Waals surface area contributed by atoms with Gasteiger partial charge in [0, 0.05) is 16.1 Å². The number of fused-ring (bicyclic) bond motifs is 1. The molecule has 0 saturated carbocycles. The van der Waals surface area contributed by atoms with Crippen LogP contribution in [-0.4, -0.2) is 39.8 Å². The summed E-state index contributed by atoms with van der Waals surface area (Å²) >= 11 is 4.74. The van der Waals surface area contributed by atoms with Crippen molar-refractivity contribution in [3.05, 3.63) is 46.6 Å². The first kappa shape index (κ1) is 22.3. The Morgan fingerprint density at radius 1 is 1.46 bits per heavy atom. The van der Waals surface area contributed by atoms with Gasteiger partial charge in [0.25, 0.3) is 5.91 Å². The van der Waals surface area contributed by atoms with Crippen LogP contribution in [0.15, 0.2) is 41.0 Å². The maximum absolute atomic E-state index is 12.7. The molecule has 1 atom stereocenters. The number of carbonyl (C=O) groups is 1. The van der Waals surface area contributed by atoms with Crippen molar-refractivity contribution in [3.63, 3.8) is 0 Å². The number of aromatic nitrogens is 1. The molecule has 1 heterocycles. The lowest BCUT2D eigenvalue weighted by molar-refractivity contribution is -0.125. The number of thioether (sulfide) groups is 1. The van der Waals surface area contributed by atoms with Gasteiger partial charge in [-0.25, -0.2) is 0 Å². The molecule has 1 amide bonds. The normalized spacial score (nSPS) is 12.5. The van der Waals surface area contributed by atoms with Crippen molar-refractivity contribution in [1.82, 2.24) is 10.3 Å². The lowest BCUT2D eigenvalue weighted by atomic mass is 10.1. The van der Waals surface area contributed by atoms with Crippen LogP contribution < -0.4 is 10.1 Å². The van der Waals surface area contributed by atoms with Gasteiger partial charge in [-0.2, -0.15) is 0 Å². The van der Waals surface area contributed by atoms with Crippen molar-refractivity contribution in [2.45, 2.75) is 31.7 Å². The van der Waals surface area contributed by atoms with E-state index < -0.39 is 11.0 Å². The number of benzene rings is 1. The number of amides is 1. The highest BCUT2D eigenvalue weighted by Gasteiger charge is 2.25. The van der Waals surface area contributed by atoms with E-state index in [0.29, 0.717) is 5.75 Å². The number of rotatable bonds is 6. The van der Waals surface area contributed by atoms with Gasteiger partial charge in [-0.15, -0.1) is 11.8 Å². The Hall–Kier alpha value is -2.01. The summed E-state index contributed by atoms with van der Waals surface area (Å²) in [5, 5.41) is 12.6. The molecular formula is C21H23BrN2O3S. The van der Waals surface area contributed by atoms with Gasteiger partial charge in [-0.3, -0.25) is 9.78 Å². The van der Waals surface area contributed by atoms with E-state index in [2.05, 4.69) is 38.1 Å². The number of aliphatic hydroxyl groups is 1. The van der Waals surface area contributed by atoms with Gasteiger partial charge < -0.3 is 15.2 Å². The number of aryl methyl sites for hydroxylation is 1. The van der Waals surface area contributed by atoms with E-state index in [1.54, 1.807) is 12.3 Å². The zero-order valence-electron chi connectivity index (χ0n) is 16.2. The van der Waals surface area contributed by atoms with Crippen molar-refractivity contribution >= 4 is 44.5 Å². The first-order valence-corrected chi connectivity index (χ1v) is 10.7. The average molecular weight is 463 g/mol. The summed E-state index contributed by atoms with van der Waals surface area (Å²) < 4.78 is 6.84. The van der Waals surface area contributed by atoms with Crippen LogP contribution in [0.3, 0.4) is 0 Å². The van der Waals surface area contributed by atoms with E-state index in [9.17, 15) is 4.79 Å². The van der Waals surface area contributed by atoms with Crippen LogP contribution in [0.1, 0.15) is 19.4 Å². The van der Waals surface area contributed by atoms with Gasteiger partial charge in [0.05, 0.1) is 17.7 Å². The number of allylic oxidation sites excluding steroid dienone is 1. The highest BCUT2D eigenvalue weighted by molar-refractivity contribution is 9.10. The van der Waals surface area contributed by atoms with Gasteiger partial charge in [0.1, 0.15) is 5.75 Å². The van der Waals surface area contributed by atoms with Crippen molar-refractivity contribution in [2.75, 3.05) is 12.9 Å². The van der Waals surface area contributed by atoms with Crippen LogP contribution in [0.5, 0.6) is 5.75 Å². The van der Waals surface area contributed by atoms with Crippen LogP contribution in [0, 0.1) is 18.8 Å². The molecule has 0 aliphatic carbocycles. The molecule has 2 rings (SSSR count). The molecule has 1 unspecified atom stereocenters. The van der Waals surface area contributed by atoms with E-state index in [0.717, 1.165) is 20.9 Å². The second-order valence-electron chi connectivity index (χ2n) is 6.62. The van der Waals surface area contributed by atoms with Gasteiger partial charge in [0.2, 0.25) is 5.44 Å². The molecule has 148 valence electrons. The molecule has 7 heteroatoms. The third-order valence-corrected chi connectivity index (χ3v) is 4.88. The minimum Gasteiger partial charge on any atom is -0.470 e. The van der Waals surface area contributed by atoms with Gasteiger partial charge in [-0.05, 0) is 72.8 Å². The van der Waals surface area contributed by atoms with Crippen LogP contribution >= 0.6 is 27.7 Å². The first-order valence-electron chi connectivity index (χ1n) is 8.61. The predicted octanol–water partition coefficient (Wildman–Crippen LogP) is 3.82. The Kier molecular flexibility index (Phi) is 7.93. The Balaban J connectivity index is 2.16. The molecule has 0 radical (unpaired) electrons. The summed E-state index contributed by atoms with van der Waals surface area (Å²) in [7, 11) is 0. The van der Waals surface area contributed by atoms with E-state index in [1.165, 1.54) is 17.8 Å². The number of hydrogen-bond donors (Lipinski definition) is 2. The molecule has 1 aromatic carbocycles. The fourth-order valence-electron chi connectivity index (χ4n) is 2.50. The molecule has 2 N–H and O–H groups in total. The minimum atomic E-state index is -0.734. The molecular weight excluding hydrogens is 440 g/mol. The predicted molar refractivity (Wildman–Crippen MR) is 118 cm³/mol. The van der Waals surface area contributed by atoms with Crippen molar-refractivity contribution < 1.29 is 14.6 Å². The maximum atomic E-state index is 12.7. The average Bonchev–Trinajstić information content (AvgIpc) is 2.62. The minimum absolute atomic E-state index is 0.0683. The molecule has 0 aliphatic heterocycles. The molecule has 0 spiro atoms. The lowest BCUT2D eigenvalue weighted by Crippen LogP contribution is -2.47. The number of halogens is 1. The second kappa shape index (κ2) is 9.97. The van der Waals surface area contributed by atoms with E-state index >= 15 is 0 Å². The topological polar surface area (TPSA) is 71.5 Å². The zero-order chi connectivity index (χ0) is 20.7. The summed E-state index contributed by atoms with van der Waals surface area (Å²) in [5.41, 5.74) is 0.420. The SMILES string of the molecule is CSC(Oc1cc(C)c2ncc(Br)cc2c1)C(=O)NC(C)(C)C#CC=CCO. The van der Waals surface area contributed by atoms with Crippen LogP contribution in [0.2, 0.25) is 0 Å². The highest BCUT2D eigenvalue weighted by atomic mass is 79.9. The quantitative estimate of drug-likeness (QED) is 0.504. The zero-order valence-corrected chi connectivity index (χ0v) is 18.6. The molecule has 28 heavy (non-hydrogen) atoms. The Morgan fingerprint density at radius 3 is 2.89 bits per heavy atom. The molecule has 0 aliphatic rings. The van der Waals surface area contributed by atoms with Crippen LogP contribution in [-0.2, 0) is 4.79 Å². The third-order valence-electron chi connectivity index (χ3n) is 3.71. The van der Waals surface area contributed by atoms with Gasteiger partial charge in [-0.1, -0.05) is 17.9 Å². The second-order valence-corrected chi connectivity index (χ2v) is 8.43. The highest BCUT2D eigenvalue weighted by Crippen LogP contribution is 2.27. The monoisotopic (exact) mass is 462 g/mol. The number of ether oxygens (including phenoxy) is 1. The number of nitrogens with one attached hydrogen (secondary N) is 1. The summed E-state index contributed by atoms with van der Waals surface area (Å²) in [5.74, 6) is 6.10. The van der Waals surface area contributed by atoms with E-state index in [1.807, 2.05) is 45.2 Å². The molecule has 0 saturated heterocycles. The van der Waals surface area contributed by atoms with E-state index in [-0.39, 0.29) is 12.5 Å². The number of hydrogen-bond acceptors (Lipinski definition) is 5. The van der Waals surface area contributed by atoms with Gasteiger partial charge >= 0.3 is 0 Å². The lowest BCUT2D eigenvalue weighted by Gasteiger charge is -2.24. The Bertz CT molecular complexity index is 948. The number of aliphatic hydroxyl groups excluding tert-OH is 1. The summed E-state index contributed by atoms with van der Waals surface area (Å²) in [6.07, 6.45) is 6.67. The summed E-state index contributed by atoms with van der Waals surface area (Å²) in [6.45, 7) is 5.51. The smallest absolute Gasteiger partial charge is 0.272 e. The van der Waals surface area contributed by atoms with Crippen LogP contribution in [0.25, 0.3) is 10.9 Å². The third kappa shape index (κ3) is 6.26. The Morgan fingerprint density at radius 2 is 2.21 bits per heavy atom. The van der Waals surface area contributed by atoms with Crippen molar-refractivity contribution in [3.8, 4) is 17.6 Å². The maximum Gasteiger partial charge on any atom is 0.272 e. The fraction of sp³-hybridized carbons (Fsp3) is 0.333. The summed E-state index contributed by atoms with van der Waals surface area (Å²) in [6, 6.07) is 5.72. The Labute approximate surface area is 178 Å². The molecule has 1 aromatic heterocycles. The largest absolute Gasteiger partial charge is 0.470 e. The number of nitrogens with zero attached hydrogens (tertiary/aromatic N) is 1. The summed E-state index contributed by atoms with van der Waals surface area (Å²) in [4.78, 5) is 17.1. The van der Waals surface area contributed by atoms with Crippen molar-refractivity contribution in [1.29, 1.82) is 0 Å². The molecule has 0 bridgehead atoms. The first-order chi connectivity index (χ1) is 13.3. The van der Waals surface area contributed by atoms with Crippen molar-refractivity contribution in [2.24, 2.45) is 0 Å². The fourth-order valence-corrected chi connectivity index (χ4v) is 3.33. The van der Waals surface area contributed by atoms with E-state index in [4.69, 9.17) is 9.84 Å². The molecule has 0 fully saturated rings.